The SMILES string of the molecule is N/C(=C\S)c1ccc(CCCC2CCCCC2)cc1. The highest BCUT2D eigenvalue weighted by atomic mass is 32.1. The number of benzene rings is 1. The van der Waals surface area contributed by atoms with Gasteiger partial charge in [0.05, 0.1) is 0 Å². The third kappa shape index (κ3) is 4.61. The summed E-state index contributed by atoms with van der Waals surface area (Å²) >= 11 is 4.08. The minimum atomic E-state index is 0.733. The van der Waals surface area contributed by atoms with Gasteiger partial charge in [0.15, 0.2) is 0 Å². The van der Waals surface area contributed by atoms with Gasteiger partial charge in [0.2, 0.25) is 0 Å². The molecular weight excluding hydrogens is 250 g/mol. The van der Waals surface area contributed by atoms with Crippen LogP contribution in [0.2, 0.25) is 0 Å². The molecule has 0 spiro atoms. The largest absolute Gasteiger partial charge is 0.398 e. The zero-order chi connectivity index (χ0) is 13.5. The van der Waals surface area contributed by atoms with Crippen molar-refractivity contribution in [3.05, 3.63) is 40.8 Å². The first-order chi connectivity index (χ1) is 9.29. The first kappa shape index (κ1) is 14.5. The Bertz CT molecular complexity index is 402. The van der Waals surface area contributed by atoms with Crippen molar-refractivity contribution in [1.82, 2.24) is 0 Å². The summed E-state index contributed by atoms with van der Waals surface area (Å²) in [4.78, 5) is 0. The van der Waals surface area contributed by atoms with Gasteiger partial charge in [-0.2, -0.15) is 0 Å². The molecule has 19 heavy (non-hydrogen) atoms. The van der Waals surface area contributed by atoms with E-state index < -0.39 is 0 Å². The molecule has 2 heteroatoms. The lowest BCUT2D eigenvalue weighted by Gasteiger charge is -2.21. The van der Waals surface area contributed by atoms with E-state index in [0.717, 1.165) is 17.2 Å². The van der Waals surface area contributed by atoms with Crippen molar-refractivity contribution in [1.29, 1.82) is 0 Å². The zero-order valence-electron chi connectivity index (χ0n) is 11.6. The van der Waals surface area contributed by atoms with Gasteiger partial charge in [-0.05, 0) is 35.3 Å². The van der Waals surface area contributed by atoms with E-state index in [2.05, 4.69) is 36.9 Å². The van der Waals surface area contributed by atoms with Gasteiger partial charge in [-0.3, -0.25) is 0 Å². The highest BCUT2D eigenvalue weighted by Crippen LogP contribution is 2.27. The van der Waals surface area contributed by atoms with Crippen molar-refractivity contribution < 1.29 is 0 Å². The van der Waals surface area contributed by atoms with Crippen LogP contribution in [0.5, 0.6) is 0 Å². The van der Waals surface area contributed by atoms with Crippen LogP contribution < -0.4 is 5.73 Å². The van der Waals surface area contributed by atoms with E-state index in [0.29, 0.717) is 0 Å². The van der Waals surface area contributed by atoms with E-state index in [4.69, 9.17) is 5.73 Å². The Labute approximate surface area is 122 Å². The standard InChI is InChI=1S/C17H25NS/c18-17(13-19)16-11-9-15(10-12-16)8-4-7-14-5-2-1-3-6-14/h9-14,19H,1-8,18H2/b17-13-. The van der Waals surface area contributed by atoms with Crippen molar-refractivity contribution >= 4 is 18.3 Å². The Balaban J connectivity index is 1.76. The topological polar surface area (TPSA) is 26.0 Å². The second-order valence-electron chi connectivity index (χ2n) is 5.68. The minimum Gasteiger partial charge on any atom is -0.398 e. The number of hydrogen-bond acceptors (Lipinski definition) is 2. The maximum Gasteiger partial charge on any atom is 0.0449 e. The fraction of sp³-hybridized carbons (Fsp3) is 0.529. The van der Waals surface area contributed by atoms with E-state index >= 15 is 0 Å². The molecule has 0 aromatic heterocycles. The maximum atomic E-state index is 5.83. The summed E-state index contributed by atoms with van der Waals surface area (Å²) in [6.45, 7) is 0. The van der Waals surface area contributed by atoms with E-state index in [1.807, 2.05) is 0 Å². The van der Waals surface area contributed by atoms with E-state index in [-0.39, 0.29) is 0 Å². The lowest BCUT2D eigenvalue weighted by molar-refractivity contribution is 0.332. The molecule has 1 nitrogen and oxygen atoms in total. The van der Waals surface area contributed by atoms with Gasteiger partial charge in [-0.15, -0.1) is 12.6 Å². The summed E-state index contributed by atoms with van der Waals surface area (Å²) in [5.74, 6) is 0.996. The molecule has 0 heterocycles. The average Bonchev–Trinajstić information content (AvgIpc) is 2.48. The predicted molar refractivity (Wildman–Crippen MR) is 87.1 cm³/mol. The van der Waals surface area contributed by atoms with Gasteiger partial charge in [-0.25, -0.2) is 0 Å². The lowest BCUT2D eigenvalue weighted by Crippen LogP contribution is -2.06. The van der Waals surface area contributed by atoms with Crippen LogP contribution in [0.25, 0.3) is 5.70 Å². The number of thiol groups is 1. The van der Waals surface area contributed by atoms with Gasteiger partial charge in [0.1, 0.15) is 0 Å². The Kier molecular flexibility index (Phi) is 5.84. The van der Waals surface area contributed by atoms with E-state index in [1.165, 1.54) is 56.9 Å². The van der Waals surface area contributed by atoms with Crippen LogP contribution in [-0.4, -0.2) is 0 Å². The molecule has 1 aliphatic carbocycles. The third-order valence-electron chi connectivity index (χ3n) is 4.23. The molecule has 104 valence electrons. The van der Waals surface area contributed by atoms with Crippen molar-refractivity contribution in [2.45, 2.75) is 51.4 Å². The Morgan fingerprint density at radius 2 is 1.84 bits per heavy atom. The molecule has 0 bridgehead atoms. The van der Waals surface area contributed by atoms with Crippen LogP contribution in [0.4, 0.5) is 0 Å². The van der Waals surface area contributed by atoms with Crippen LogP contribution in [0.1, 0.15) is 56.1 Å². The third-order valence-corrected chi connectivity index (χ3v) is 4.51. The minimum absolute atomic E-state index is 0.733. The van der Waals surface area contributed by atoms with Crippen LogP contribution >= 0.6 is 12.6 Å². The molecule has 0 saturated heterocycles. The van der Waals surface area contributed by atoms with Gasteiger partial charge in [-0.1, -0.05) is 62.8 Å². The van der Waals surface area contributed by atoms with Crippen molar-refractivity contribution in [2.75, 3.05) is 0 Å². The van der Waals surface area contributed by atoms with Crippen molar-refractivity contribution in [3.8, 4) is 0 Å². The number of nitrogens with two attached hydrogens (primary N) is 1. The molecule has 1 aliphatic rings. The number of rotatable bonds is 5. The number of aryl methyl sites for hydroxylation is 1. The quantitative estimate of drug-likeness (QED) is 0.743. The van der Waals surface area contributed by atoms with Crippen molar-refractivity contribution in [3.63, 3.8) is 0 Å². The molecule has 1 fully saturated rings. The normalized spacial score (nSPS) is 17.6. The van der Waals surface area contributed by atoms with Gasteiger partial charge in [0.25, 0.3) is 0 Å². The Morgan fingerprint density at radius 3 is 2.47 bits per heavy atom. The van der Waals surface area contributed by atoms with Crippen LogP contribution in [0, 0.1) is 5.92 Å². The molecule has 1 aromatic carbocycles. The van der Waals surface area contributed by atoms with Crippen LogP contribution in [-0.2, 0) is 6.42 Å². The summed E-state index contributed by atoms with van der Waals surface area (Å²) in [6.07, 6.45) is 11.2. The van der Waals surface area contributed by atoms with E-state index in [9.17, 15) is 0 Å². The van der Waals surface area contributed by atoms with E-state index in [1.54, 1.807) is 5.41 Å². The average molecular weight is 275 g/mol. The lowest BCUT2D eigenvalue weighted by atomic mass is 9.85. The molecule has 0 aliphatic heterocycles. The molecule has 1 saturated carbocycles. The summed E-state index contributed by atoms with van der Waals surface area (Å²) < 4.78 is 0. The molecule has 0 amide bonds. The predicted octanol–water partition coefficient (Wildman–Crippen LogP) is 4.78. The fourth-order valence-corrected chi connectivity index (χ4v) is 3.16. The molecule has 0 radical (unpaired) electrons. The fourth-order valence-electron chi connectivity index (χ4n) is 3.01. The Morgan fingerprint density at radius 1 is 1.16 bits per heavy atom. The van der Waals surface area contributed by atoms with Crippen LogP contribution in [0.15, 0.2) is 29.7 Å². The summed E-state index contributed by atoms with van der Waals surface area (Å²) in [6, 6.07) is 8.58. The maximum absolute atomic E-state index is 5.83. The summed E-state index contributed by atoms with van der Waals surface area (Å²) in [7, 11) is 0. The van der Waals surface area contributed by atoms with Gasteiger partial charge >= 0.3 is 0 Å². The molecule has 0 atom stereocenters. The molecule has 1 aromatic rings. The monoisotopic (exact) mass is 275 g/mol. The molecule has 2 N–H and O–H groups in total. The zero-order valence-corrected chi connectivity index (χ0v) is 12.5. The smallest absolute Gasteiger partial charge is 0.0449 e. The first-order valence-electron chi connectivity index (χ1n) is 7.49. The highest BCUT2D eigenvalue weighted by molar-refractivity contribution is 7.83. The van der Waals surface area contributed by atoms with Gasteiger partial charge in [0, 0.05) is 5.70 Å². The van der Waals surface area contributed by atoms with Crippen molar-refractivity contribution in [2.24, 2.45) is 11.7 Å². The van der Waals surface area contributed by atoms with Gasteiger partial charge < -0.3 is 5.73 Å². The number of hydrogen-bond donors (Lipinski definition) is 2. The summed E-state index contributed by atoms with van der Waals surface area (Å²) in [5, 5.41) is 1.65. The first-order valence-corrected chi connectivity index (χ1v) is 8.00. The Hall–Kier alpha value is -0.890. The second kappa shape index (κ2) is 7.64. The molecular formula is C17H25NS. The molecule has 0 unspecified atom stereocenters. The second-order valence-corrected chi connectivity index (χ2v) is 5.94. The molecule has 2 rings (SSSR count). The van der Waals surface area contributed by atoms with Crippen LogP contribution in [0.3, 0.4) is 0 Å². The summed E-state index contributed by atoms with van der Waals surface area (Å²) in [5.41, 5.74) is 9.04. The highest BCUT2D eigenvalue weighted by Gasteiger charge is 2.12.